The highest BCUT2D eigenvalue weighted by atomic mass is 35.5. The summed E-state index contributed by atoms with van der Waals surface area (Å²) in [6.07, 6.45) is 2.34. The third kappa shape index (κ3) is 6.66. The van der Waals surface area contributed by atoms with Gasteiger partial charge in [0, 0.05) is 35.3 Å². The standard InChI is InChI=1S/C31H30ClN5O5/c1-2-4-20(32)18-42-23-13-11-22(12-14-23)36-35-21-9-7-19(8-10-21)29(39)33-26-6-3-5-24-25(26)17-37(31(24)41)27-15-16-28(38)34-30(27)40/h3,5-14,20,27H,2,4,15-18H2,1H3,(H,33,39)(H,34,38,40). The number of anilines is 1. The van der Waals surface area contributed by atoms with E-state index in [4.69, 9.17) is 16.3 Å². The maximum atomic E-state index is 13.0. The number of nitrogens with zero attached hydrogens (tertiary/aromatic N) is 3. The summed E-state index contributed by atoms with van der Waals surface area (Å²) in [7, 11) is 0. The van der Waals surface area contributed by atoms with Gasteiger partial charge in [-0.15, -0.1) is 11.6 Å². The van der Waals surface area contributed by atoms with Crippen molar-refractivity contribution in [2.75, 3.05) is 11.9 Å². The van der Waals surface area contributed by atoms with E-state index >= 15 is 0 Å². The van der Waals surface area contributed by atoms with Gasteiger partial charge in [0.25, 0.3) is 11.8 Å². The van der Waals surface area contributed by atoms with Crippen LogP contribution in [-0.2, 0) is 16.1 Å². The van der Waals surface area contributed by atoms with Crippen molar-refractivity contribution in [3.05, 3.63) is 83.4 Å². The first-order chi connectivity index (χ1) is 20.3. The summed E-state index contributed by atoms with van der Waals surface area (Å²) in [5, 5.41) is 13.6. The normalized spacial score (nSPS) is 17.2. The summed E-state index contributed by atoms with van der Waals surface area (Å²) >= 11 is 6.20. The molecule has 5 rings (SSSR count). The van der Waals surface area contributed by atoms with E-state index in [9.17, 15) is 19.2 Å². The zero-order chi connectivity index (χ0) is 29.6. The van der Waals surface area contributed by atoms with Crippen LogP contribution < -0.4 is 15.4 Å². The van der Waals surface area contributed by atoms with Crippen LogP contribution in [0.4, 0.5) is 17.1 Å². The highest BCUT2D eigenvalue weighted by molar-refractivity contribution is 6.20. The molecule has 0 aromatic heterocycles. The second kappa shape index (κ2) is 12.9. The predicted octanol–water partition coefficient (Wildman–Crippen LogP) is 5.90. The lowest BCUT2D eigenvalue weighted by atomic mass is 10.0. The van der Waals surface area contributed by atoms with Gasteiger partial charge in [-0.05, 0) is 73.5 Å². The molecule has 3 aromatic rings. The number of halogens is 1. The minimum absolute atomic E-state index is 0.0209. The number of hydrogen-bond acceptors (Lipinski definition) is 7. The molecule has 216 valence electrons. The number of fused-ring (bicyclic) bond motifs is 1. The van der Waals surface area contributed by atoms with Crippen molar-refractivity contribution in [2.24, 2.45) is 10.2 Å². The number of benzene rings is 3. The molecule has 2 atom stereocenters. The Morgan fingerprint density at radius 1 is 1.05 bits per heavy atom. The van der Waals surface area contributed by atoms with E-state index in [2.05, 4.69) is 27.8 Å². The molecule has 1 fully saturated rings. The number of ether oxygens (including phenoxy) is 1. The number of carbonyl (C=O) groups is 4. The average molecular weight is 588 g/mol. The first kappa shape index (κ1) is 28.9. The first-order valence-corrected chi connectivity index (χ1v) is 14.2. The van der Waals surface area contributed by atoms with Crippen molar-refractivity contribution >= 4 is 52.3 Å². The number of imide groups is 1. The summed E-state index contributed by atoms with van der Waals surface area (Å²) in [6.45, 7) is 2.69. The number of carbonyl (C=O) groups excluding carboxylic acids is 4. The van der Waals surface area contributed by atoms with Gasteiger partial charge < -0.3 is 15.0 Å². The minimum Gasteiger partial charge on any atom is -0.492 e. The molecular formula is C31H30ClN5O5. The minimum atomic E-state index is -0.728. The number of nitrogens with one attached hydrogen (secondary N) is 2. The SMILES string of the molecule is CCCC(Cl)COc1ccc(N=Nc2ccc(C(=O)Nc3cccc4c3CN(C3CCC(=O)NC3=O)C4=O)cc2)cc1. The van der Waals surface area contributed by atoms with Crippen LogP contribution in [0.2, 0.25) is 0 Å². The molecule has 0 bridgehead atoms. The van der Waals surface area contributed by atoms with Gasteiger partial charge in [-0.3, -0.25) is 24.5 Å². The second-order valence-electron chi connectivity index (χ2n) is 10.1. The molecule has 2 heterocycles. The van der Waals surface area contributed by atoms with E-state index in [1.807, 2.05) is 12.1 Å². The van der Waals surface area contributed by atoms with E-state index in [0.29, 0.717) is 46.1 Å². The van der Waals surface area contributed by atoms with Crippen LogP contribution in [0.5, 0.6) is 5.75 Å². The molecule has 0 aliphatic carbocycles. The molecule has 10 nitrogen and oxygen atoms in total. The predicted molar refractivity (Wildman–Crippen MR) is 158 cm³/mol. The fourth-order valence-corrected chi connectivity index (χ4v) is 5.17. The van der Waals surface area contributed by atoms with E-state index in [-0.39, 0.29) is 42.5 Å². The van der Waals surface area contributed by atoms with E-state index in [1.54, 1.807) is 54.6 Å². The molecule has 0 saturated carbocycles. The molecule has 42 heavy (non-hydrogen) atoms. The Morgan fingerprint density at radius 2 is 1.74 bits per heavy atom. The summed E-state index contributed by atoms with van der Waals surface area (Å²) in [6, 6.07) is 18.2. The van der Waals surface area contributed by atoms with Gasteiger partial charge in [-0.1, -0.05) is 19.4 Å². The van der Waals surface area contributed by atoms with Gasteiger partial charge >= 0.3 is 0 Å². The van der Waals surface area contributed by atoms with E-state index in [1.165, 1.54) is 4.90 Å². The van der Waals surface area contributed by atoms with Crippen molar-refractivity contribution in [1.82, 2.24) is 10.2 Å². The molecule has 2 N–H and O–H groups in total. The van der Waals surface area contributed by atoms with Crippen molar-refractivity contribution in [3.63, 3.8) is 0 Å². The highest BCUT2D eigenvalue weighted by Crippen LogP contribution is 2.32. The van der Waals surface area contributed by atoms with Crippen LogP contribution in [0, 0.1) is 0 Å². The first-order valence-electron chi connectivity index (χ1n) is 13.8. The Kier molecular flexibility index (Phi) is 8.92. The third-order valence-corrected chi connectivity index (χ3v) is 7.45. The van der Waals surface area contributed by atoms with Crippen molar-refractivity contribution in [3.8, 4) is 5.75 Å². The number of rotatable bonds is 10. The third-order valence-electron chi connectivity index (χ3n) is 7.11. The molecule has 2 aliphatic heterocycles. The number of amides is 4. The zero-order valence-corrected chi connectivity index (χ0v) is 23.8. The summed E-state index contributed by atoms with van der Waals surface area (Å²) in [5.41, 5.74) is 3.17. The maximum Gasteiger partial charge on any atom is 0.255 e. The summed E-state index contributed by atoms with van der Waals surface area (Å²) in [4.78, 5) is 51.4. The van der Waals surface area contributed by atoms with Crippen molar-refractivity contribution in [2.45, 2.75) is 50.6 Å². The van der Waals surface area contributed by atoms with E-state index in [0.717, 1.165) is 12.8 Å². The summed E-state index contributed by atoms with van der Waals surface area (Å²) < 4.78 is 5.70. The Bertz CT molecular complexity index is 1520. The molecule has 2 unspecified atom stereocenters. The molecule has 2 aliphatic rings. The Balaban J connectivity index is 1.19. The molecule has 11 heteroatoms. The highest BCUT2D eigenvalue weighted by Gasteiger charge is 2.40. The van der Waals surface area contributed by atoms with Crippen molar-refractivity contribution < 1.29 is 23.9 Å². The maximum absolute atomic E-state index is 13.0. The molecule has 1 saturated heterocycles. The fourth-order valence-electron chi connectivity index (χ4n) is 4.88. The van der Waals surface area contributed by atoms with E-state index < -0.39 is 11.9 Å². The van der Waals surface area contributed by atoms with Gasteiger partial charge in [0.05, 0.1) is 16.8 Å². The lowest BCUT2D eigenvalue weighted by Gasteiger charge is -2.29. The number of hydrogen-bond donors (Lipinski definition) is 2. The largest absolute Gasteiger partial charge is 0.492 e. The van der Waals surface area contributed by atoms with Crippen LogP contribution in [0.15, 0.2) is 77.0 Å². The van der Waals surface area contributed by atoms with Gasteiger partial charge in [0.15, 0.2) is 0 Å². The molecule has 3 aromatic carbocycles. The van der Waals surface area contributed by atoms with Crippen molar-refractivity contribution in [1.29, 1.82) is 0 Å². The monoisotopic (exact) mass is 587 g/mol. The lowest BCUT2D eigenvalue weighted by molar-refractivity contribution is -0.136. The molecular weight excluding hydrogens is 558 g/mol. The molecule has 0 radical (unpaired) electrons. The smallest absolute Gasteiger partial charge is 0.255 e. The van der Waals surface area contributed by atoms with Gasteiger partial charge in [0.2, 0.25) is 11.8 Å². The number of azo groups is 1. The van der Waals surface area contributed by atoms with Crippen LogP contribution in [0.1, 0.15) is 58.9 Å². The Labute approximate surface area is 248 Å². The van der Waals surface area contributed by atoms with Gasteiger partial charge in [0.1, 0.15) is 18.4 Å². The second-order valence-corrected chi connectivity index (χ2v) is 10.7. The molecule has 4 amide bonds. The zero-order valence-electron chi connectivity index (χ0n) is 23.0. The number of piperidine rings is 1. The van der Waals surface area contributed by atoms with Gasteiger partial charge in [-0.2, -0.15) is 10.2 Å². The fraction of sp³-hybridized carbons (Fsp3) is 0.290. The summed E-state index contributed by atoms with van der Waals surface area (Å²) in [5.74, 6) is -0.771. The van der Waals surface area contributed by atoms with Crippen LogP contribution in [0.3, 0.4) is 0 Å². The van der Waals surface area contributed by atoms with Gasteiger partial charge in [-0.25, -0.2) is 0 Å². The van der Waals surface area contributed by atoms with Crippen LogP contribution in [0.25, 0.3) is 0 Å². The lowest BCUT2D eigenvalue weighted by Crippen LogP contribution is -2.52. The van der Waals surface area contributed by atoms with Crippen LogP contribution >= 0.6 is 11.6 Å². The number of alkyl halides is 1. The Hall–Kier alpha value is -4.57. The average Bonchev–Trinajstić information content (AvgIpc) is 3.32. The molecule has 0 spiro atoms. The topological polar surface area (TPSA) is 130 Å². The van der Waals surface area contributed by atoms with Crippen LogP contribution in [-0.4, -0.2) is 46.6 Å². The Morgan fingerprint density at radius 3 is 2.40 bits per heavy atom. The quantitative estimate of drug-likeness (QED) is 0.173.